The van der Waals surface area contributed by atoms with Gasteiger partial charge in [-0.15, -0.1) is 11.3 Å². The van der Waals surface area contributed by atoms with Crippen LogP contribution in [0.5, 0.6) is 0 Å². The molecule has 1 aliphatic heterocycles. The number of nitrogens with one attached hydrogen (secondary N) is 1. The smallest absolute Gasteiger partial charge is 0.339 e. The van der Waals surface area contributed by atoms with Crippen molar-refractivity contribution in [2.45, 2.75) is 37.7 Å². The Morgan fingerprint density at radius 2 is 1.93 bits per heavy atom. The van der Waals surface area contributed by atoms with Gasteiger partial charge in [-0.25, -0.2) is 4.79 Å². The van der Waals surface area contributed by atoms with Gasteiger partial charge >= 0.3 is 5.97 Å². The third-order valence-electron chi connectivity index (χ3n) is 6.02. The Bertz CT molecular complexity index is 896. The van der Waals surface area contributed by atoms with E-state index in [2.05, 4.69) is 17.1 Å². The van der Waals surface area contributed by atoms with Crippen LogP contribution in [0.15, 0.2) is 29.6 Å². The van der Waals surface area contributed by atoms with Crippen LogP contribution in [0.4, 0.5) is 10.7 Å². The molecule has 148 valence electrons. The number of thiophene rings is 1. The monoisotopic (exact) mass is 400 g/mol. The Labute approximate surface area is 168 Å². The van der Waals surface area contributed by atoms with Crippen molar-refractivity contribution < 1.29 is 19.4 Å². The van der Waals surface area contributed by atoms with Gasteiger partial charge < -0.3 is 20.1 Å². The minimum Gasteiger partial charge on any atom is -0.478 e. The van der Waals surface area contributed by atoms with Gasteiger partial charge in [0, 0.05) is 31.5 Å². The number of hydrogen-bond donors (Lipinski definition) is 2. The van der Waals surface area contributed by atoms with Crippen LogP contribution in [-0.2, 0) is 10.2 Å². The molecule has 4 rings (SSSR count). The molecule has 0 spiro atoms. The molecule has 2 fully saturated rings. The van der Waals surface area contributed by atoms with E-state index in [1.807, 2.05) is 17.5 Å². The number of carbonyl (C=O) groups is 2. The highest BCUT2D eigenvalue weighted by Gasteiger charge is 2.38. The number of carboxylic acid groups (broad SMARTS) is 1. The number of amides is 1. The normalized spacial score (nSPS) is 18.3. The summed E-state index contributed by atoms with van der Waals surface area (Å²) < 4.78 is 5.28. The second-order valence-electron chi connectivity index (χ2n) is 7.84. The fourth-order valence-corrected chi connectivity index (χ4v) is 4.98. The van der Waals surface area contributed by atoms with Crippen molar-refractivity contribution in [2.24, 2.45) is 0 Å². The molecule has 2 heterocycles. The molecule has 1 amide bonds. The van der Waals surface area contributed by atoms with Gasteiger partial charge in [-0.3, -0.25) is 4.79 Å². The minimum atomic E-state index is -0.986. The topological polar surface area (TPSA) is 78.9 Å². The van der Waals surface area contributed by atoms with E-state index in [4.69, 9.17) is 4.74 Å². The number of hydrogen-bond acceptors (Lipinski definition) is 5. The van der Waals surface area contributed by atoms with Crippen LogP contribution in [0.2, 0.25) is 0 Å². The Hall–Kier alpha value is -2.38. The first-order valence-electron chi connectivity index (χ1n) is 9.46. The second kappa shape index (κ2) is 7.22. The van der Waals surface area contributed by atoms with Crippen molar-refractivity contribution in [3.8, 4) is 0 Å². The molecule has 1 saturated carbocycles. The molecule has 2 N–H and O–H groups in total. The molecular weight excluding hydrogens is 376 g/mol. The van der Waals surface area contributed by atoms with Crippen LogP contribution < -0.4 is 10.2 Å². The van der Waals surface area contributed by atoms with E-state index in [1.165, 1.54) is 11.3 Å². The summed E-state index contributed by atoms with van der Waals surface area (Å²) in [5, 5.41) is 14.8. The molecule has 2 aliphatic rings. The zero-order valence-corrected chi connectivity index (χ0v) is 16.8. The molecule has 0 atom stereocenters. The summed E-state index contributed by atoms with van der Waals surface area (Å²) in [7, 11) is 1.71. The number of aromatic carboxylic acids is 1. The summed E-state index contributed by atoms with van der Waals surface area (Å²) in [5.41, 5.74) is 2.54. The van der Waals surface area contributed by atoms with E-state index < -0.39 is 5.97 Å². The van der Waals surface area contributed by atoms with Gasteiger partial charge in [0.1, 0.15) is 5.00 Å². The maximum absolute atomic E-state index is 12.7. The van der Waals surface area contributed by atoms with Crippen LogP contribution in [-0.4, -0.2) is 43.3 Å². The van der Waals surface area contributed by atoms with Gasteiger partial charge in [0.25, 0.3) is 5.91 Å². The van der Waals surface area contributed by atoms with Crippen LogP contribution >= 0.6 is 11.3 Å². The lowest BCUT2D eigenvalue weighted by molar-refractivity contribution is 0.0693. The summed E-state index contributed by atoms with van der Waals surface area (Å²) in [6, 6.07) is 7.36. The van der Waals surface area contributed by atoms with E-state index in [-0.39, 0.29) is 23.0 Å². The zero-order valence-electron chi connectivity index (χ0n) is 16.0. The SMILES string of the molecule is COC1CN(c2ccc(C(=O)Nc3scc(C4(C)CCC4)c3C(=O)O)cc2)C1. The van der Waals surface area contributed by atoms with E-state index in [0.717, 1.165) is 43.6 Å². The largest absolute Gasteiger partial charge is 0.478 e. The second-order valence-corrected chi connectivity index (χ2v) is 8.72. The highest BCUT2D eigenvalue weighted by Crippen LogP contribution is 2.47. The number of ether oxygens (including phenoxy) is 1. The van der Waals surface area contributed by atoms with Gasteiger partial charge in [-0.1, -0.05) is 13.3 Å². The van der Waals surface area contributed by atoms with Gasteiger partial charge in [0.05, 0.1) is 11.7 Å². The van der Waals surface area contributed by atoms with Crippen molar-refractivity contribution >= 4 is 33.9 Å². The highest BCUT2D eigenvalue weighted by molar-refractivity contribution is 7.15. The maximum atomic E-state index is 12.7. The molecule has 0 unspecified atom stereocenters. The van der Waals surface area contributed by atoms with E-state index in [9.17, 15) is 14.7 Å². The predicted octanol–water partition coefficient (Wildman–Crippen LogP) is 3.98. The standard InChI is InChI=1S/C21H24N2O4S/c1-21(8-3-9-21)16-12-28-19(17(16)20(25)26)22-18(24)13-4-6-14(7-5-13)23-10-15(11-23)27-2/h4-7,12,15H,3,8-11H2,1-2H3,(H,22,24)(H,25,26). The first-order chi connectivity index (χ1) is 13.4. The molecule has 7 heteroatoms. The van der Waals surface area contributed by atoms with E-state index >= 15 is 0 Å². The van der Waals surface area contributed by atoms with Gasteiger partial charge in [0.15, 0.2) is 0 Å². The van der Waals surface area contributed by atoms with Crippen molar-refractivity contribution in [1.82, 2.24) is 0 Å². The van der Waals surface area contributed by atoms with E-state index in [1.54, 1.807) is 19.2 Å². The number of nitrogens with zero attached hydrogens (tertiary/aromatic N) is 1. The number of carbonyl (C=O) groups excluding carboxylic acids is 1. The molecule has 28 heavy (non-hydrogen) atoms. The lowest BCUT2D eigenvalue weighted by Crippen LogP contribution is -2.51. The lowest BCUT2D eigenvalue weighted by atomic mass is 9.66. The number of methoxy groups -OCH3 is 1. The molecule has 1 saturated heterocycles. The Morgan fingerprint density at radius 3 is 2.46 bits per heavy atom. The van der Waals surface area contributed by atoms with E-state index in [0.29, 0.717) is 10.6 Å². The minimum absolute atomic E-state index is 0.0911. The predicted molar refractivity (Wildman–Crippen MR) is 110 cm³/mol. The first-order valence-corrected chi connectivity index (χ1v) is 10.3. The fourth-order valence-electron chi connectivity index (χ4n) is 3.88. The third kappa shape index (κ3) is 3.29. The molecule has 0 radical (unpaired) electrons. The van der Waals surface area contributed by atoms with Crippen LogP contribution in [0, 0.1) is 0 Å². The average molecular weight is 401 g/mol. The van der Waals surface area contributed by atoms with Crippen molar-refractivity contribution in [3.63, 3.8) is 0 Å². The quantitative estimate of drug-likeness (QED) is 0.767. The molecular formula is C21H24N2O4S. The number of carboxylic acids is 1. The lowest BCUT2D eigenvalue weighted by Gasteiger charge is -2.40. The van der Waals surface area contributed by atoms with Crippen LogP contribution in [0.25, 0.3) is 0 Å². The summed E-state index contributed by atoms with van der Waals surface area (Å²) in [5.74, 6) is -1.28. The molecule has 1 aliphatic carbocycles. The third-order valence-corrected chi connectivity index (χ3v) is 6.91. The first kappa shape index (κ1) is 19.0. The Balaban J connectivity index is 1.49. The highest BCUT2D eigenvalue weighted by atomic mass is 32.1. The molecule has 2 aromatic rings. The molecule has 6 nitrogen and oxygen atoms in total. The molecule has 1 aromatic carbocycles. The van der Waals surface area contributed by atoms with Crippen molar-refractivity contribution in [1.29, 1.82) is 0 Å². The van der Waals surface area contributed by atoms with Gasteiger partial charge in [-0.2, -0.15) is 0 Å². The van der Waals surface area contributed by atoms with Crippen molar-refractivity contribution in [3.05, 3.63) is 46.3 Å². The summed E-state index contributed by atoms with van der Waals surface area (Å²) >= 11 is 1.29. The summed E-state index contributed by atoms with van der Waals surface area (Å²) in [6.45, 7) is 3.79. The van der Waals surface area contributed by atoms with Gasteiger partial charge in [0.2, 0.25) is 0 Å². The Morgan fingerprint density at radius 1 is 1.25 bits per heavy atom. The maximum Gasteiger partial charge on any atom is 0.339 e. The molecule has 0 bridgehead atoms. The molecule has 1 aromatic heterocycles. The Kier molecular flexibility index (Phi) is 4.89. The van der Waals surface area contributed by atoms with Crippen LogP contribution in [0.1, 0.15) is 52.5 Å². The average Bonchev–Trinajstić information content (AvgIpc) is 3.03. The van der Waals surface area contributed by atoms with Crippen molar-refractivity contribution in [2.75, 3.05) is 30.4 Å². The number of rotatable bonds is 6. The number of anilines is 2. The number of benzene rings is 1. The fraction of sp³-hybridized carbons (Fsp3) is 0.429. The summed E-state index contributed by atoms with van der Waals surface area (Å²) in [6.07, 6.45) is 3.35. The van der Waals surface area contributed by atoms with Gasteiger partial charge in [-0.05, 0) is 53.5 Å². The summed E-state index contributed by atoms with van der Waals surface area (Å²) in [4.78, 5) is 26.7. The van der Waals surface area contributed by atoms with Crippen LogP contribution in [0.3, 0.4) is 0 Å². The zero-order chi connectivity index (χ0) is 19.9.